The van der Waals surface area contributed by atoms with Crippen molar-refractivity contribution in [3.05, 3.63) is 71.6 Å². The molecule has 5 rings (SSSR count). The first kappa shape index (κ1) is 19.5. The summed E-state index contributed by atoms with van der Waals surface area (Å²) >= 11 is 0. The van der Waals surface area contributed by atoms with E-state index in [1.54, 1.807) is 12.4 Å². The Morgan fingerprint density at radius 1 is 0.967 bits per heavy atom. The van der Waals surface area contributed by atoms with Crippen LogP contribution in [0, 0.1) is 11.8 Å². The molecule has 0 saturated carbocycles. The maximum absolute atomic E-state index is 12.8. The van der Waals surface area contributed by atoms with Crippen molar-refractivity contribution in [1.29, 1.82) is 0 Å². The van der Waals surface area contributed by atoms with Crippen molar-refractivity contribution in [2.24, 2.45) is 11.8 Å². The Morgan fingerprint density at radius 2 is 1.73 bits per heavy atom. The third kappa shape index (κ3) is 4.20. The first-order valence-corrected chi connectivity index (χ1v) is 11.4. The lowest BCUT2D eigenvalue weighted by atomic mass is 9.90. The van der Waals surface area contributed by atoms with E-state index in [0.717, 1.165) is 31.5 Å². The molecule has 1 aromatic heterocycles. The highest BCUT2D eigenvalue weighted by molar-refractivity contribution is 5.80. The lowest BCUT2D eigenvalue weighted by Gasteiger charge is -2.18. The van der Waals surface area contributed by atoms with Crippen LogP contribution in [0.4, 0.5) is 0 Å². The summed E-state index contributed by atoms with van der Waals surface area (Å²) in [6.07, 6.45) is 11.4. The van der Waals surface area contributed by atoms with Crippen LogP contribution in [0.5, 0.6) is 0 Å². The van der Waals surface area contributed by atoms with E-state index in [0.29, 0.717) is 18.3 Å². The number of benzene rings is 1. The zero-order chi connectivity index (χ0) is 20.3. The van der Waals surface area contributed by atoms with Crippen LogP contribution in [0.25, 0.3) is 5.57 Å². The van der Waals surface area contributed by atoms with Crippen LogP contribution in [0.1, 0.15) is 36.0 Å². The van der Waals surface area contributed by atoms with Crippen molar-refractivity contribution in [3.8, 4) is 0 Å². The van der Waals surface area contributed by atoms with E-state index in [-0.39, 0.29) is 5.91 Å². The molecule has 156 valence electrons. The fraction of sp³-hybridized carbons (Fsp3) is 0.462. The molecule has 1 aliphatic carbocycles. The van der Waals surface area contributed by atoms with E-state index in [9.17, 15) is 4.79 Å². The molecule has 2 saturated heterocycles. The van der Waals surface area contributed by atoms with Gasteiger partial charge in [-0.25, -0.2) is 0 Å². The molecule has 0 bridgehead atoms. The van der Waals surface area contributed by atoms with E-state index in [1.807, 2.05) is 12.1 Å². The molecule has 2 fully saturated rings. The highest BCUT2D eigenvalue weighted by Crippen LogP contribution is 2.43. The molecular formula is C26H31N3O. The zero-order valence-corrected chi connectivity index (χ0v) is 17.7. The molecule has 2 aromatic rings. The van der Waals surface area contributed by atoms with Gasteiger partial charge in [-0.3, -0.25) is 9.78 Å². The number of allylic oxidation sites excluding steroid dienone is 1. The standard InChI is InChI=1S/C26H31N3O/c30-26(17-21-9-12-27-13-10-21)29-18-23-7-8-24(25(23)19-29)22-5-3-20(4-6-22)11-16-28-14-1-2-15-28/h3-6,8-10,12-13,23,25H,1-2,7,11,14-19H2/t23-,25+/m1/s1. The van der Waals surface area contributed by atoms with Crippen molar-refractivity contribution in [1.82, 2.24) is 14.8 Å². The molecule has 4 heteroatoms. The topological polar surface area (TPSA) is 36.4 Å². The SMILES string of the molecule is O=C(Cc1ccncc1)N1C[C@H]2CC=C(c3ccc(CCN4CCCC4)cc3)[C@H]2C1. The Bertz CT molecular complexity index is 900. The van der Waals surface area contributed by atoms with Crippen LogP contribution >= 0.6 is 0 Å². The minimum atomic E-state index is 0.243. The van der Waals surface area contributed by atoms with Crippen molar-refractivity contribution >= 4 is 11.5 Å². The number of nitrogens with zero attached hydrogens (tertiary/aromatic N) is 3. The number of amides is 1. The summed E-state index contributed by atoms with van der Waals surface area (Å²) < 4.78 is 0. The van der Waals surface area contributed by atoms with Crippen molar-refractivity contribution in [3.63, 3.8) is 0 Å². The van der Waals surface area contributed by atoms with Gasteiger partial charge in [0.25, 0.3) is 0 Å². The minimum absolute atomic E-state index is 0.243. The predicted molar refractivity (Wildman–Crippen MR) is 120 cm³/mol. The van der Waals surface area contributed by atoms with Gasteiger partial charge in [0.1, 0.15) is 0 Å². The first-order chi connectivity index (χ1) is 14.8. The van der Waals surface area contributed by atoms with Crippen molar-refractivity contribution in [2.45, 2.75) is 32.1 Å². The van der Waals surface area contributed by atoms with E-state index in [1.165, 1.54) is 49.2 Å². The Hall–Kier alpha value is -2.46. The van der Waals surface area contributed by atoms with E-state index in [2.05, 4.69) is 45.1 Å². The number of carbonyl (C=O) groups excluding carboxylic acids is 1. The van der Waals surface area contributed by atoms with Crippen LogP contribution in [0.2, 0.25) is 0 Å². The number of hydrogen-bond acceptors (Lipinski definition) is 3. The predicted octanol–water partition coefficient (Wildman–Crippen LogP) is 3.82. The number of fused-ring (bicyclic) bond motifs is 1. The second-order valence-corrected chi connectivity index (χ2v) is 9.09. The molecule has 0 spiro atoms. The third-order valence-electron chi connectivity index (χ3n) is 7.14. The average Bonchev–Trinajstić information content (AvgIpc) is 3.51. The summed E-state index contributed by atoms with van der Waals surface area (Å²) in [6, 6.07) is 13.1. The molecule has 1 aromatic carbocycles. The summed E-state index contributed by atoms with van der Waals surface area (Å²) in [4.78, 5) is 21.5. The van der Waals surface area contributed by atoms with Crippen LogP contribution in [-0.2, 0) is 17.6 Å². The van der Waals surface area contributed by atoms with Crippen molar-refractivity contribution in [2.75, 3.05) is 32.7 Å². The number of pyridine rings is 1. The van der Waals surface area contributed by atoms with Crippen LogP contribution in [0.15, 0.2) is 54.9 Å². The van der Waals surface area contributed by atoms with Gasteiger partial charge in [0, 0.05) is 37.9 Å². The van der Waals surface area contributed by atoms with Gasteiger partial charge in [0.2, 0.25) is 5.91 Å². The van der Waals surface area contributed by atoms with E-state index >= 15 is 0 Å². The molecule has 4 nitrogen and oxygen atoms in total. The Labute approximate surface area is 179 Å². The third-order valence-corrected chi connectivity index (χ3v) is 7.14. The summed E-state index contributed by atoms with van der Waals surface area (Å²) in [6.45, 7) is 5.47. The molecule has 1 amide bonds. The van der Waals surface area contributed by atoms with Gasteiger partial charge in [-0.2, -0.15) is 0 Å². The number of likely N-dealkylation sites (tertiary alicyclic amines) is 2. The summed E-state index contributed by atoms with van der Waals surface area (Å²) in [5, 5.41) is 0. The molecule has 2 aliphatic heterocycles. The zero-order valence-electron chi connectivity index (χ0n) is 17.7. The van der Waals surface area contributed by atoms with Crippen LogP contribution < -0.4 is 0 Å². The maximum atomic E-state index is 12.8. The molecule has 3 aliphatic rings. The van der Waals surface area contributed by atoms with E-state index < -0.39 is 0 Å². The van der Waals surface area contributed by atoms with Gasteiger partial charge in [-0.1, -0.05) is 30.3 Å². The molecule has 0 unspecified atom stereocenters. The molecule has 3 heterocycles. The second-order valence-electron chi connectivity index (χ2n) is 9.09. The normalized spacial score (nSPS) is 23.6. The highest BCUT2D eigenvalue weighted by Gasteiger charge is 2.40. The number of rotatable bonds is 6. The van der Waals surface area contributed by atoms with Crippen molar-refractivity contribution < 1.29 is 4.79 Å². The number of carbonyl (C=O) groups is 1. The quantitative estimate of drug-likeness (QED) is 0.738. The van der Waals surface area contributed by atoms with Gasteiger partial charge in [0.05, 0.1) is 6.42 Å². The Kier molecular flexibility index (Phi) is 5.67. The lowest BCUT2D eigenvalue weighted by molar-refractivity contribution is -0.129. The number of aromatic nitrogens is 1. The van der Waals surface area contributed by atoms with Crippen LogP contribution in [0.3, 0.4) is 0 Å². The first-order valence-electron chi connectivity index (χ1n) is 11.4. The second kappa shape index (κ2) is 8.73. The molecule has 0 N–H and O–H groups in total. The molecule has 2 atom stereocenters. The van der Waals surface area contributed by atoms with Gasteiger partial charge in [-0.15, -0.1) is 0 Å². The lowest BCUT2D eigenvalue weighted by Crippen LogP contribution is -2.30. The molecule has 30 heavy (non-hydrogen) atoms. The summed E-state index contributed by atoms with van der Waals surface area (Å²) in [7, 11) is 0. The average molecular weight is 402 g/mol. The smallest absolute Gasteiger partial charge is 0.227 e. The fourth-order valence-corrected chi connectivity index (χ4v) is 5.37. The monoisotopic (exact) mass is 401 g/mol. The Morgan fingerprint density at radius 3 is 2.50 bits per heavy atom. The van der Waals surface area contributed by atoms with Gasteiger partial charge >= 0.3 is 0 Å². The van der Waals surface area contributed by atoms with Gasteiger partial charge < -0.3 is 9.80 Å². The summed E-state index contributed by atoms with van der Waals surface area (Å²) in [5.41, 5.74) is 5.27. The maximum Gasteiger partial charge on any atom is 0.227 e. The highest BCUT2D eigenvalue weighted by atomic mass is 16.2. The minimum Gasteiger partial charge on any atom is -0.341 e. The molecular weight excluding hydrogens is 370 g/mol. The summed E-state index contributed by atoms with van der Waals surface area (Å²) in [5.74, 6) is 1.31. The number of hydrogen-bond donors (Lipinski definition) is 0. The van der Waals surface area contributed by atoms with Gasteiger partial charge in [0.15, 0.2) is 0 Å². The molecule has 0 radical (unpaired) electrons. The fourth-order valence-electron chi connectivity index (χ4n) is 5.37. The van der Waals surface area contributed by atoms with E-state index in [4.69, 9.17) is 0 Å². The van der Waals surface area contributed by atoms with Crippen LogP contribution in [-0.4, -0.2) is 53.4 Å². The van der Waals surface area contributed by atoms with Gasteiger partial charge in [-0.05, 0) is 79.1 Å². The largest absolute Gasteiger partial charge is 0.341 e. The Balaban J connectivity index is 1.19.